The van der Waals surface area contributed by atoms with Crippen LogP contribution >= 0.6 is 0 Å². The normalized spacial score (nSPS) is 13.4. The van der Waals surface area contributed by atoms with E-state index < -0.39 is 0 Å². The van der Waals surface area contributed by atoms with Crippen molar-refractivity contribution in [1.29, 1.82) is 0 Å². The molecule has 1 rings (SSSR count). The van der Waals surface area contributed by atoms with E-state index in [0.717, 1.165) is 17.1 Å². The van der Waals surface area contributed by atoms with E-state index >= 15 is 0 Å². The van der Waals surface area contributed by atoms with Crippen LogP contribution in [0.5, 0.6) is 11.5 Å². The first-order valence-corrected chi connectivity index (χ1v) is 5.69. The highest BCUT2D eigenvalue weighted by Gasteiger charge is 2.05. The fraction of sp³-hybridized carbons (Fsp3) is 0.429. The zero-order valence-electron chi connectivity index (χ0n) is 11.2. The molecule has 0 aliphatic heterocycles. The highest BCUT2D eigenvalue weighted by molar-refractivity contribution is 5.58. The van der Waals surface area contributed by atoms with Gasteiger partial charge >= 0.3 is 0 Å². The average Bonchev–Trinajstić information content (AvgIpc) is 2.37. The van der Waals surface area contributed by atoms with Crippen molar-refractivity contribution in [2.75, 3.05) is 21.3 Å². The molecule has 1 aromatic carbocycles. The third kappa shape index (κ3) is 3.49. The lowest BCUT2D eigenvalue weighted by Crippen LogP contribution is -2.21. The van der Waals surface area contributed by atoms with Gasteiger partial charge in [0.2, 0.25) is 0 Å². The van der Waals surface area contributed by atoms with Crippen molar-refractivity contribution in [2.45, 2.75) is 19.9 Å². The van der Waals surface area contributed by atoms with Crippen LogP contribution in [0.15, 0.2) is 23.8 Å². The smallest absolute Gasteiger partial charge is 0.161 e. The van der Waals surface area contributed by atoms with E-state index in [1.165, 1.54) is 5.57 Å². The standard InChI is InChI=1S/C14H21NO2/c1-10(11(2)15-3)8-12-6-7-13(16-4)14(9-12)17-5/h6-9,11,15H,1-5H3/b10-8+. The topological polar surface area (TPSA) is 30.5 Å². The van der Waals surface area contributed by atoms with Gasteiger partial charge in [-0.05, 0) is 38.6 Å². The second kappa shape index (κ2) is 6.30. The molecular weight excluding hydrogens is 214 g/mol. The third-order valence-corrected chi connectivity index (χ3v) is 2.92. The molecule has 0 aliphatic rings. The Morgan fingerprint density at radius 2 is 1.88 bits per heavy atom. The Kier molecular flexibility index (Phi) is 5.04. The molecule has 0 amide bonds. The zero-order chi connectivity index (χ0) is 12.8. The minimum absolute atomic E-state index is 0.364. The predicted molar refractivity (Wildman–Crippen MR) is 71.7 cm³/mol. The van der Waals surface area contributed by atoms with Crippen LogP contribution in [0.3, 0.4) is 0 Å². The second-order valence-corrected chi connectivity index (χ2v) is 4.01. The van der Waals surface area contributed by atoms with Gasteiger partial charge in [-0.25, -0.2) is 0 Å². The maximum absolute atomic E-state index is 5.28. The Hall–Kier alpha value is -1.48. The van der Waals surface area contributed by atoms with Crippen LogP contribution in [0, 0.1) is 0 Å². The van der Waals surface area contributed by atoms with Gasteiger partial charge in [0, 0.05) is 6.04 Å². The van der Waals surface area contributed by atoms with Crippen LogP contribution < -0.4 is 14.8 Å². The van der Waals surface area contributed by atoms with Crippen LogP contribution in [-0.4, -0.2) is 27.3 Å². The SMILES string of the molecule is CNC(C)/C(C)=C/c1ccc(OC)c(OC)c1. The van der Waals surface area contributed by atoms with Gasteiger partial charge < -0.3 is 14.8 Å². The fourth-order valence-electron chi connectivity index (χ4n) is 1.56. The van der Waals surface area contributed by atoms with Crippen molar-refractivity contribution in [3.05, 3.63) is 29.3 Å². The Labute approximate surface area is 103 Å². The summed E-state index contributed by atoms with van der Waals surface area (Å²) in [7, 11) is 5.24. The van der Waals surface area contributed by atoms with Crippen molar-refractivity contribution < 1.29 is 9.47 Å². The lowest BCUT2D eigenvalue weighted by molar-refractivity contribution is 0.355. The maximum atomic E-state index is 5.28. The fourth-order valence-corrected chi connectivity index (χ4v) is 1.56. The van der Waals surface area contributed by atoms with Gasteiger partial charge in [0.05, 0.1) is 14.2 Å². The molecule has 3 nitrogen and oxygen atoms in total. The molecule has 17 heavy (non-hydrogen) atoms. The molecule has 0 saturated carbocycles. The summed E-state index contributed by atoms with van der Waals surface area (Å²) in [6.07, 6.45) is 2.14. The molecule has 0 fully saturated rings. The molecule has 1 aromatic rings. The first kappa shape index (κ1) is 13.6. The van der Waals surface area contributed by atoms with Crippen LogP contribution in [-0.2, 0) is 0 Å². The van der Waals surface area contributed by atoms with Gasteiger partial charge in [-0.2, -0.15) is 0 Å². The summed E-state index contributed by atoms with van der Waals surface area (Å²) >= 11 is 0. The lowest BCUT2D eigenvalue weighted by Gasteiger charge is -2.12. The predicted octanol–water partition coefficient (Wildman–Crippen LogP) is 2.72. The molecule has 0 heterocycles. The molecule has 1 N–H and O–H groups in total. The van der Waals surface area contributed by atoms with Crippen LogP contribution in [0.1, 0.15) is 19.4 Å². The number of rotatable bonds is 5. The van der Waals surface area contributed by atoms with Crippen molar-refractivity contribution >= 4 is 6.08 Å². The van der Waals surface area contributed by atoms with E-state index in [1.807, 2.05) is 25.2 Å². The molecule has 1 unspecified atom stereocenters. The zero-order valence-corrected chi connectivity index (χ0v) is 11.2. The Morgan fingerprint density at radius 1 is 1.24 bits per heavy atom. The number of nitrogens with one attached hydrogen (secondary N) is 1. The highest BCUT2D eigenvalue weighted by Crippen LogP contribution is 2.28. The molecule has 0 radical (unpaired) electrons. The minimum atomic E-state index is 0.364. The van der Waals surface area contributed by atoms with E-state index in [-0.39, 0.29) is 0 Å². The van der Waals surface area contributed by atoms with Crippen molar-refractivity contribution in [2.24, 2.45) is 0 Å². The van der Waals surface area contributed by atoms with Crippen LogP contribution in [0.4, 0.5) is 0 Å². The Balaban J connectivity index is 3.00. The summed E-state index contributed by atoms with van der Waals surface area (Å²) < 4.78 is 10.5. The Bertz CT molecular complexity index is 399. The number of likely N-dealkylation sites (N-methyl/N-ethyl adjacent to an activating group) is 1. The second-order valence-electron chi connectivity index (χ2n) is 4.01. The summed E-state index contributed by atoms with van der Waals surface area (Å²) in [5, 5.41) is 3.21. The van der Waals surface area contributed by atoms with Crippen LogP contribution in [0.2, 0.25) is 0 Å². The summed E-state index contributed by atoms with van der Waals surface area (Å²) in [6.45, 7) is 4.24. The average molecular weight is 235 g/mol. The first-order valence-electron chi connectivity index (χ1n) is 5.69. The van der Waals surface area contributed by atoms with Crippen molar-refractivity contribution in [3.63, 3.8) is 0 Å². The Morgan fingerprint density at radius 3 is 2.41 bits per heavy atom. The lowest BCUT2D eigenvalue weighted by atomic mass is 10.1. The first-order chi connectivity index (χ1) is 8.12. The minimum Gasteiger partial charge on any atom is -0.493 e. The van der Waals surface area contributed by atoms with E-state index in [2.05, 4.69) is 25.2 Å². The van der Waals surface area contributed by atoms with E-state index in [1.54, 1.807) is 14.2 Å². The molecule has 3 heteroatoms. The van der Waals surface area contributed by atoms with Crippen molar-refractivity contribution in [3.8, 4) is 11.5 Å². The van der Waals surface area contributed by atoms with E-state index in [9.17, 15) is 0 Å². The summed E-state index contributed by atoms with van der Waals surface area (Å²) in [5.74, 6) is 1.51. The van der Waals surface area contributed by atoms with E-state index in [0.29, 0.717) is 6.04 Å². The van der Waals surface area contributed by atoms with Gasteiger partial charge in [-0.3, -0.25) is 0 Å². The molecule has 0 bridgehead atoms. The van der Waals surface area contributed by atoms with E-state index in [4.69, 9.17) is 9.47 Å². The maximum Gasteiger partial charge on any atom is 0.161 e. The number of methoxy groups -OCH3 is 2. The largest absolute Gasteiger partial charge is 0.493 e. The van der Waals surface area contributed by atoms with Crippen LogP contribution in [0.25, 0.3) is 6.08 Å². The number of ether oxygens (including phenoxy) is 2. The van der Waals surface area contributed by atoms with Gasteiger partial charge in [0.15, 0.2) is 11.5 Å². The quantitative estimate of drug-likeness (QED) is 0.851. The van der Waals surface area contributed by atoms with Gasteiger partial charge in [-0.15, -0.1) is 0 Å². The summed E-state index contributed by atoms with van der Waals surface area (Å²) in [4.78, 5) is 0. The molecule has 0 aromatic heterocycles. The van der Waals surface area contributed by atoms with Gasteiger partial charge in [0.1, 0.15) is 0 Å². The molecule has 0 saturated heterocycles. The number of hydrogen-bond acceptors (Lipinski definition) is 3. The third-order valence-electron chi connectivity index (χ3n) is 2.92. The van der Waals surface area contributed by atoms with Crippen molar-refractivity contribution in [1.82, 2.24) is 5.32 Å². The van der Waals surface area contributed by atoms with Gasteiger partial charge in [-0.1, -0.05) is 17.7 Å². The molecule has 94 valence electrons. The number of benzene rings is 1. The monoisotopic (exact) mass is 235 g/mol. The summed E-state index contributed by atoms with van der Waals surface area (Å²) in [5.41, 5.74) is 2.39. The summed E-state index contributed by atoms with van der Waals surface area (Å²) in [6, 6.07) is 6.28. The molecule has 0 spiro atoms. The van der Waals surface area contributed by atoms with Gasteiger partial charge in [0.25, 0.3) is 0 Å². The number of hydrogen-bond donors (Lipinski definition) is 1. The molecule has 1 atom stereocenters. The molecular formula is C14H21NO2. The highest BCUT2D eigenvalue weighted by atomic mass is 16.5. The molecule has 0 aliphatic carbocycles.